The van der Waals surface area contributed by atoms with Crippen molar-refractivity contribution in [1.29, 1.82) is 0 Å². The van der Waals surface area contributed by atoms with E-state index >= 15 is 0 Å². The Morgan fingerprint density at radius 1 is 1.44 bits per heavy atom. The van der Waals surface area contributed by atoms with Gasteiger partial charge in [-0.15, -0.1) is 0 Å². The lowest BCUT2D eigenvalue weighted by Crippen LogP contribution is -2.24. The van der Waals surface area contributed by atoms with Gasteiger partial charge in [0.05, 0.1) is 5.69 Å². The molecule has 0 saturated heterocycles. The molecule has 88 valence electrons. The molecule has 0 bridgehead atoms. The van der Waals surface area contributed by atoms with Crippen molar-refractivity contribution in [3.8, 4) is 0 Å². The minimum atomic E-state index is 0.777. The number of halogens is 1. The van der Waals surface area contributed by atoms with Crippen LogP contribution in [0.2, 0.25) is 5.02 Å². The van der Waals surface area contributed by atoms with Gasteiger partial charge in [-0.05, 0) is 37.9 Å². The second-order valence-corrected chi connectivity index (χ2v) is 5.25. The van der Waals surface area contributed by atoms with Gasteiger partial charge < -0.3 is 4.90 Å². The van der Waals surface area contributed by atoms with E-state index in [1.54, 1.807) is 6.20 Å². The van der Waals surface area contributed by atoms with Gasteiger partial charge in [0.1, 0.15) is 0 Å². The first-order valence-corrected chi connectivity index (χ1v) is 6.41. The van der Waals surface area contributed by atoms with Crippen LogP contribution in [0.4, 0.5) is 0 Å². The molecule has 2 rings (SSSR count). The molecule has 1 fully saturated rings. The SMILES string of the molecule is CN(Cc1cc(Cl)ccn1)CC1CCCC1. The average Bonchev–Trinajstić information content (AvgIpc) is 2.70. The number of pyridine rings is 1. The van der Waals surface area contributed by atoms with Crippen molar-refractivity contribution in [1.82, 2.24) is 9.88 Å². The number of nitrogens with zero attached hydrogens (tertiary/aromatic N) is 2. The summed E-state index contributed by atoms with van der Waals surface area (Å²) in [4.78, 5) is 6.68. The summed E-state index contributed by atoms with van der Waals surface area (Å²) in [5.74, 6) is 0.893. The number of rotatable bonds is 4. The molecule has 0 aliphatic heterocycles. The lowest BCUT2D eigenvalue weighted by atomic mass is 10.1. The third-order valence-corrected chi connectivity index (χ3v) is 3.49. The summed E-state index contributed by atoms with van der Waals surface area (Å²) < 4.78 is 0. The topological polar surface area (TPSA) is 16.1 Å². The summed E-state index contributed by atoms with van der Waals surface area (Å²) in [5, 5.41) is 0.777. The van der Waals surface area contributed by atoms with Gasteiger partial charge >= 0.3 is 0 Å². The van der Waals surface area contributed by atoms with E-state index in [1.807, 2.05) is 12.1 Å². The smallest absolute Gasteiger partial charge is 0.0558 e. The Bertz CT molecular complexity index is 334. The van der Waals surface area contributed by atoms with Gasteiger partial charge in [-0.1, -0.05) is 24.4 Å². The van der Waals surface area contributed by atoms with Crippen LogP contribution in [0.15, 0.2) is 18.3 Å². The van der Waals surface area contributed by atoms with Crippen LogP contribution in [0.3, 0.4) is 0 Å². The normalized spacial score (nSPS) is 17.2. The molecule has 0 atom stereocenters. The maximum atomic E-state index is 5.94. The molecule has 0 N–H and O–H groups in total. The van der Waals surface area contributed by atoms with E-state index in [0.717, 1.165) is 23.2 Å². The largest absolute Gasteiger partial charge is 0.300 e. The highest BCUT2D eigenvalue weighted by Crippen LogP contribution is 2.25. The van der Waals surface area contributed by atoms with Crippen LogP contribution < -0.4 is 0 Å². The van der Waals surface area contributed by atoms with E-state index in [2.05, 4.69) is 16.9 Å². The van der Waals surface area contributed by atoms with Crippen molar-refractivity contribution in [2.24, 2.45) is 5.92 Å². The number of aromatic nitrogens is 1. The van der Waals surface area contributed by atoms with Crippen molar-refractivity contribution in [2.75, 3.05) is 13.6 Å². The van der Waals surface area contributed by atoms with Gasteiger partial charge in [-0.3, -0.25) is 4.98 Å². The molecular formula is C13H19ClN2. The minimum absolute atomic E-state index is 0.777. The van der Waals surface area contributed by atoms with E-state index in [0.29, 0.717) is 0 Å². The van der Waals surface area contributed by atoms with E-state index in [4.69, 9.17) is 11.6 Å². The first-order valence-electron chi connectivity index (χ1n) is 6.03. The quantitative estimate of drug-likeness (QED) is 0.800. The minimum Gasteiger partial charge on any atom is -0.300 e. The van der Waals surface area contributed by atoms with Gasteiger partial charge in [0.15, 0.2) is 0 Å². The molecule has 0 radical (unpaired) electrons. The lowest BCUT2D eigenvalue weighted by molar-refractivity contribution is 0.268. The molecule has 2 nitrogen and oxygen atoms in total. The van der Waals surface area contributed by atoms with Crippen molar-refractivity contribution < 1.29 is 0 Å². The maximum absolute atomic E-state index is 5.94. The number of hydrogen-bond acceptors (Lipinski definition) is 2. The highest BCUT2D eigenvalue weighted by molar-refractivity contribution is 6.30. The second-order valence-electron chi connectivity index (χ2n) is 4.81. The molecule has 1 saturated carbocycles. The predicted octanol–water partition coefficient (Wildman–Crippen LogP) is 3.36. The van der Waals surface area contributed by atoms with E-state index < -0.39 is 0 Å². The third kappa shape index (κ3) is 3.46. The first-order chi connectivity index (χ1) is 7.74. The maximum Gasteiger partial charge on any atom is 0.0558 e. The Balaban J connectivity index is 1.84. The van der Waals surface area contributed by atoms with Crippen molar-refractivity contribution >= 4 is 11.6 Å². The molecule has 0 unspecified atom stereocenters. The molecule has 0 amide bonds. The van der Waals surface area contributed by atoms with Gasteiger partial charge in [0.25, 0.3) is 0 Å². The van der Waals surface area contributed by atoms with Gasteiger partial charge in [-0.25, -0.2) is 0 Å². The van der Waals surface area contributed by atoms with Crippen LogP contribution in [0.25, 0.3) is 0 Å². The lowest BCUT2D eigenvalue weighted by Gasteiger charge is -2.20. The van der Waals surface area contributed by atoms with E-state index in [1.165, 1.54) is 32.2 Å². The highest BCUT2D eigenvalue weighted by atomic mass is 35.5. The number of hydrogen-bond donors (Lipinski definition) is 0. The second kappa shape index (κ2) is 5.65. The van der Waals surface area contributed by atoms with E-state index in [9.17, 15) is 0 Å². The van der Waals surface area contributed by atoms with Crippen LogP contribution in [-0.2, 0) is 6.54 Å². The molecule has 1 heterocycles. The summed E-state index contributed by atoms with van der Waals surface area (Å²) in [6.07, 6.45) is 7.39. The van der Waals surface area contributed by atoms with Crippen LogP contribution in [0.1, 0.15) is 31.4 Å². The Morgan fingerprint density at radius 3 is 2.88 bits per heavy atom. The molecule has 0 aromatic carbocycles. The summed E-state index contributed by atoms with van der Waals surface area (Å²) in [7, 11) is 2.17. The molecule has 0 spiro atoms. The fourth-order valence-corrected chi connectivity index (χ4v) is 2.69. The zero-order valence-electron chi connectivity index (χ0n) is 9.82. The van der Waals surface area contributed by atoms with Crippen molar-refractivity contribution in [3.63, 3.8) is 0 Å². The zero-order valence-corrected chi connectivity index (χ0v) is 10.6. The molecule has 1 aromatic rings. The fraction of sp³-hybridized carbons (Fsp3) is 0.615. The van der Waals surface area contributed by atoms with Crippen LogP contribution in [0, 0.1) is 5.92 Å². The highest BCUT2D eigenvalue weighted by Gasteiger charge is 2.16. The molecule has 1 aliphatic rings. The molecule has 1 aromatic heterocycles. The van der Waals surface area contributed by atoms with Crippen molar-refractivity contribution in [2.45, 2.75) is 32.2 Å². The molecule has 16 heavy (non-hydrogen) atoms. The van der Waals surface area contributed by atoms with E-state index in [-0.39, 0.29) is 0 Å². The summed E-state index contributed by atoms with van der Waals surface area (Å²) in [6.45, 7) is 2.09. The Morgan fingerprint density at radius 2 is 2.19 bits per heavy atom. The Kier molecular flexibility index (Phi) is 4.19. The molecular weight excluding hydrogens is 220 g/mol. The van der Waals surface area contributed by atoms with Gasteiger partial charge in [0, 0.05) is 24.3 Å². The van der Waals surface area contributed by atoms with Crippen molar-refractivity contribution in [3.05, 3.63) is 29.0 Å². The first kappa shape index (κ1) is 11.9. The van der Waals surface area contributed by atoms with Crippen LogP contribution in [-0.4, -0.2) is 23.5 Å². The van der Waals surface area contributed by atoms with Gasteiger partial charge in [0.2, 0.25) is 0 Å². The zero-order chi connectivity index (χ0) is 11.4. The third-order valence-electron chi connectivity index (χ3n) is 3.26. The standard InChI is InChI=1S/C13H19ClN2/c1-16(9-11-4-2-3-5-11)10-13-8-12(14)6-7-15-13/h6-8,11H,2-5,9-10H2,1H3. The summed E-state index contributed by atoms with van der Waals surface area (Å²) >= 11 is 5.94. The molecule has 3 heteroatoms. The predicted molar refractivity (Wildman–Crippen MR) is 67.5 cm³/mol. The van der Waals surface area contributed by atoms with Gasteiger partial charge in [-0.2, -0.15) is 0 Å². The Hall–Kier alpha value is -0.600. The van der Waals surface area contributed by atoms with Crippen LogP contribution in [0.5, 0.6) is 0 Å². The molecule has 1 aliphatic carbocycles. The Labute approximate surface area is 103 Å². The van der Waals surface area contributed by atoms with Crippen LogP contribution >= 0.6 is 11.6 Å². The average molecular weight is 239 g/mol. The summed E-state index contributed by atoms with van der Waals surface area (Å²) in [5.41, 5.74) is 1.06. The monoisotopic (exact) mass is 238 g/mol. The fourth-order valence-electron chi connectivity index (χ4n) is 2.51. The summed E-state index contributed by atoms with van der Waals surface area (Å²) in [6, 6.07) is 3.77.